The molecule has 1 heterocycles. The smallest absolute Gasteiger partial charge is 0.263 e. The minimum atomic E-state index is -2.54. The standard InChI is InChI=1S/C11H9F2N3/c12-11(13)8-1-7(2-10(14)3-8)9-4-15-6-16-5-9/h1-6,11H,14H2. The SMILES string of the molecule is Nc1cc(-c2cncnc2)cc(C(F)F)c1. The highest BCUT2D eigenvalue weighted by Gasteiger charge is 2.10. The van der Waals surface area contributed by atoms with Crippen LogP contribution in [0.2, 0.25) is 0 Å². The van der Waals surface area contributed by atoms with E-state index in [1.807, 2.05) is 0 Å². The van der Waals surface area contributed by atoms with Crippen LogP contribution in [0.25, 0.3) is 11.1 Å². The Morgan fingerprint density at radius 1 is 1.00 bits per heavy atom. The van der Waals surface area contributed by atoms with Crippen LogP contribution in [-0.4, -0.2) is 9.97 Å². The van der Waals surface area contributed by atoms with Crippen molar-refractivity contribution in [3.05, 3.63) is 42.5 Å². The maximum Gasteiger partial charge on any atom is 0.263 e. The normalized spacial score (nSPS) is 10.7. The molecule has 82 valence electrons. The zero-order valence-electron chi connectivity index (χ0n) is 8.27. The first-order chi connectivity index (χ1) is 7.66. The fourth-order valence-corrected chi connectivity index (χ4v) is 1.42. The van der Waals surface area contributed by atoms with Crippen molar-refractivity contribution in [3.8, 4) is 11.1 Å². The third-order valence-electron chi connectivity index (χ3n) is 2.12. The second kappa shape index (κ2) is 4.22. The van der Waals surface area contributed by atoms with Gasteiger partial charge in [0.2, 0.25) is 0 Å². The molecule has 2 N–H and O–H groups in total. The van der Waals surface area contributed by atoms with E-state index in [0.717, 1.165) is 0 Å². The number of hydrogen-bond donors (Lipinski definition) is 1. The number of nitrogens with zero attached hydrogens (tertiary/aromatic N) is 2. The molecule has 0 spiro atoms. The molecule has 2 aromatic rings. The Bertz CT molecular complexity index is 486. The minimum absolute atomic E-state index is 0.0983. The van der Waals surface area contributed by atoms with Crippen molar-refractivity contribution >= 4 is 5.69 Å². The highest BCUT2D eigenvalue weighted by molar-refractivity contribution is 5.67. The second-order valence-corrected chi connectivity index (χ2v) is 3.32. The molecular weight excluding hydrogens is 212 g/mol. The number of nitrogens with two attached hydrogens (primary N) is 1. The van der Waals surface area contributed by atoms with Crippen LogP contribution in [0.15, 0.2) is 36.9 Å². The third kappa shape index (κ3) is 2.13. The van der Waals surface area contributed by atoms with E-state index < -0.39 is 6.43 Å². The summed E-state index contributed by atoms with van der Waals surface area (Å²) in [7, 11) is 0. The Balaban J connectivity index is 2.50. The minimum Gasteiger partial charge on any atom is -0.399 e. The summed E-state index contributed by atoms with van der Waals surface area (Å²) < 4.78 is 25.1. The van der Waals surface area contributed by atoms with E-state index in [1.54, 1.807) is 18.5 Å². The van der Waals surface area contributed by atoms with E-state index in [2.05, 4.69) is 9.97 Å². The van der Waals surface area contributed by atoms with E-state index in [9.17, 15) is 8.78 Å². The predicted octanol–water partition coefficient (Wildman–Crippen LogP) is 2.66. The van der Waals surface area contributed by atoms with Crippen LogP contribution in [-0.2, 0) is 0 Å². The van der Waals surface area contributed by atoms with Crippen molar-refractivity contribution in [3.63, 3.8) is 0 Å². The molecule has 0 amide bonds. The Morgan fingerprint density at radius 3 is 2.31 bits per heavy atom. The first kappa shape index (κ1) is 10.5. The third-order valence-corrected chi connectivity index (χ3v) is 2.12. The summed E-state index contributed by atoms with van der Waals surface area (Å²) in [5.41, 5.74) is 7.02. The van der Waals surface area contributed by atoms with E-state index in [4.69, 9.17) is 5.73 Å². The monoisotopic (exact) mass is 221 g/mol. The average Bonchev–Trinajstić information content (AvgIpc) is 2.29. The molecule has 0 fully saturated rings. The zero-order chi connectivity index (χ0) is 11.5. The first-order valence-electron chi connectivity index (χ1n) is 4.61. The molecule has 0 saturated heterocycles. The Morgan fingerprint density at radius 2 is 1.69 bits per heavy atom. The molecule has 2 rings (SSSR count). The van der Waals surface area contributed by atoms with Crippen LogP contribution in [0.3, 0.4) is 0 Å². The van der Waals surface area contributed by atoms with Gasteiger partial charge in [-0.15, -0.1) is 0 Å². The molecule has 0 aliphatic carbocycles. The summed E-state index contributed by atoms with van der Waals surface area (Å²) in [6.07, 6.45) is 1.95. The molecule has 1 aromatic heterocycles. The predicted molar refractivity (Wildman–Crippen MR) is 56.8 cm³/mol. The quantitative estimate of drug-likeness (QED) is 0.793. The highest BCUT2D eigenvalue weighted by Crippen LogP contribution is 2.27. The van der Waals surface area contributed by atoms with Gasteiger partial charge in [0, 0.05) is 29.2 Å². The Kier molecular flexibility index (Phi) is 2.76. The maximum absolute atomic E-state index is 12.6. The van der Waals surface area contributed by atoms with Crippen molar-refractivity contribution in [2.75, 3.05) is 5.73 Å². The summed E-state index contributed by atoms with van der Waals surface area (Å²) in [4.78, 5) is 7.65. The summed E-state index contributed by atoms with van der Waals surface area (Å²) >= 11 is 0. The van der Waals surface area contributed by atoms with E-state index in [-0.39, 0.29) is 5.56 Å². The lowest BCUT2D eigenvalue weighted by molar-refractivity contribution is 0.151. The Labute approximate surface area is 91.0 Å². The van der Waals surface area contributed by atoms with Gasteiger partial charge in [0.25, 0.3) is 6.43 Å². The molecule has 0 aliphatic rings. The lowest BCUT2D eigenvalue weighted by Gasteiger charge is -2.06. The number of anilines is 1. The van der Waals surface area contributed by atoms with E-state index in [0.29, 0.717) is 16.8 Å². The largest absolute Gasteiger partial charge is 0.399 e. The van der Waals surface area contributed by atoms with Gasteiger partial charge in [0.1, 0.15) is 6.33 Å². The van der Waals surface area contributed by atoms with Crippen LogP contribution in [0, 0.1) is 0 Å². The van der Waals surface area contributed by atoms with Crippen molar-refractivity contribution in [2.45, 2.75) is 6.43 Å². The number of halogens is 2. The lowest BCUT2D eigenvalue weighted by Crippen LogP contribution is -1.92. The Hall–Kier alpha value is -2.04. The number of nitrogen functional groups attached to an aromatic ring is 1. The molecule has 0 aliphatic heterocycles. The second-order valence-electron chi connectivity index (χ2n) is 3.32. The molecule has 0 bridgehead atoms. The van der Waals surface area contributed by atoms with Crippen LogP contribution in [0.5, 0.6) is 0 Å². The van der Waals surface area contributed by atoms with Gasteiger partial charge >= 0.3 is 0 Å². The van der Waals surface area contributed by atoms with Gasteiger partial charge in [0.15, 0.2) is 0 Å². The summed E-state index contributed by atoms with van der Waals surface area (Å²) in [6, 6.07) is 4.27. The number of benzene rings is 1. The fraction of sp³-hybridized carbons (Fsp3) is 0.0909. The van der Waals surface area contributed by atoms with Gasteiger partial charge in [-0.3, -0.25) is 0 Å². The number of hydrogen-bond acceptors (Lipinski definition) is 3. The molecule has 0 atom stereocenters. The van der Waals surface area contributed by atoms with Crippen LogP contribution >= 0.6 is 0 Å². The van der Waals surface area contributed by atoms with Crippen LogP contribution < -0.4 is 5.73 Å². The molecule has 5 heteroatoms. The average molecular weight is 221 g/mol. The summed E-state index contributed by atoms with van der Waals surface area (Å²) in [5, 5.41) is 0. The number of rotatable bonds is 2. The topological polar surface area (TPSA) is 51.8 Å². The van der Waals surface area contributed by atoms with Crippen molar-refractivity contribution in [1.82, 2.24) is 9.97 Å². The van der Waals surface area contributed by atoms with E-state index in [1.165, 1.54) is 18.5 Å². The van der Waals surface area contributed by atoms with Crippen LogP contribution in [0.1, 0.15) is 12.0 Å². The first-order valence-corrected chi connectivity index (χ1v) is 4.61. The van der Waals surface area contributed by atoms with Gasteiger partial charge in [-0.1, -0.05) is 0 Å². The molecule has 1 aromatic carbocycles. The lowest BCUT2D eigenvalue weighted by atomic mass is 10.0. The molecule has 0 saturated carbocycles. The number of aromatic nitrogens is 2. The fourth-order valence-electron chi connectivity index (χ4n) is 1.42. The molecule has 0 unspecified atom stereocenters. The van der Waals surface area contributed by atoms with Gasteiger partial charge in [-0.05, 0) is 23.8 Å². The molecular formula is C11H9F2N3. The van der Waals surface area contributed by atoms with Gasteiger partial charge < -0.3 is 5.73 Å². The van der Waals surface area contributed by atoms with Crippen molar-refractivity contribution in [1.29, 1.82) is 0 Å². The summed E-state index contributed by atoms with van der Waals surface area (Å²) in [6.45, 7) is 0. The molecule has 16 heavy (non-hydrogen) atoms. The van der Waals surface area contributed by atoms with Crippen molar-refractivity contribution < 1.29 is 8.78 Å². The van der Waals surface area contributed by atoms with Crippen LogP contribution in [0.4, 0.5) is 14.5 Å². The van der Waals surface area contributed by atoms with Gasteiger partial charge in [-0.2, -0.15) is 0 Å². The van der Waals surface area contributed by atoms with Crippen molar-refractivity contribution in [2.24, 2.45) is 0 Å². The maximum atomic E-state index is 12.6. The molecule has 0 radical (unpaired) electrons. The van der Waals surface area contributed by atoms with Gasteiger partial charge in [0.05, 0.1) is 0 Å². The van der Waals surface area contributed by atoms with E-state index >= 15 is 0 Å². The number of alkyl halides is 2. The summed E-state index contributed by atoms with van der Waals surface area (Å²) in [5.74, 6) is 0. The van der Waals surface area contributed by atoms with Gasteiger partial charge in [-0.25, -0.2) is 18.7 Å². The molecule has 3 nitrogen and oxygen atoms in total. The highest BCUT2D eigenvalue weighted by atomic mass is 19.3. The zero-order valence-corrected chi connectivity index (χ0v) is 8.27.